The van der Waals surface area contributed by atoms with Gasteiger partial charge < -0.3 is 9.50 Å². The minimum absolute atomic E-state index is 0.0391. The van der Waals surface area contributed by atoms with E-state index in [1.165, 1.54) is 42.6 Å². The molecule has 0 spiro atoms. The van der Waals surface area contributed by atoms with Crippen molar-refractivity contribution in [1.29, 1.82) is 0 Å². The van der Waals surface area contributed by atoms with Gasteiger partial charge in [0.05, 0.1) is 5.75 Å². The van der Waals surface area contributed by atoms with Crippen molar-refractivity contribution >= 4 is 42.8 Å². The number of hydrogen-bond donors (Lipinski definition) is 1. The summed E-state index contributed by atoms with van der Waals surface area (Å²) in [5.41, 5.74) is 0.901. The van der Waals surface area contributed by atoms with Crippen LogP contribution in [-0.2, 0) is 26.7 Å². The summed E-state index contributed by atoms with van der Waals surface area (Å²) >= 11 is 0. The van der Waals surface area contributed by atoms with Gasteiger partial charge in [-0.3, -0.25) is 14.1 Å². The standard InChI is InChI=1S/C27H25FN4O6S2/c1-18-6-12-21(13-7-18)40(36,37)38-25-23-22(5-4-14-29-23)26(32-15-2-3-16-39(32,34)35)31-24(25)27(33)30-17-19-8-10-20(28)11-9-19/h4-14H,2-3,15-17H2,1H3,(H,30,33). The lowest BCUT2D eigenvalue weighted by molar-refractivity contribution is 0.0944. The van der Waals surface area contributed by atoms with Crippen LogP contribution in [0.25, 0.3) is 10.9 Å². The molecule has 1 saturated heterocycles. The van der Waals surface area contributed by atoms with Crippen LogP contribution in [-0.4, -0.2) is 45.0 Å². The minimum atomic E-state index is -4.44. The molecular formula is C27H25FN4O6S2. The van der Waals surface area contributed by atoms with Crippen molar-refractivity contribution in [3.05, 3.63) is 89.5 Å². The highest BCUT2D eigenvalue weighted by atomic mass is 32.2. The first kappa shape index (κ1) is 27.5. The zero-order chi connectivity index (χ0) is 28.5. The van der Waals surface area contributed by atoms with Crippen molar-refractivity contribution < 1.29 is 30.2 Å². The van der Waals surface area contributed by atoms with Gasteiger partial charge in [0, 0.05) is 24.7 Å². The van der Waals surface area contributed by atoms with Crippen molar-refractivity contribution in [3.8, 4) is 5.75 Å². The first-order chi connectivity index (χ1) is 19.0. The quantitative estimate of drug-likeness (QED) is 0.325. The van der Waals surface area contributed by atoms with Crippen LogP contribution in [0.2, 0.25) is 0 Å². The van der Waals surface area contributed by atoms with E-state index in [0.717, 1.165) is 9.87 Å². The summed E-state index contributed by atoms with van der Waals surface area (Å²) in [6, 6.07) is 14.5. The molecule has 0 saturated carbocycles. The molecule has 0 unspecified atom stereocenters. The Kier molecular flexibility index (Phi) is 7.43. The molecule has 2 aromatic carbocycles. The molecule has 5 rings (SSSR count). The van der Waals surface area contributed by atoms with Gasteiger partial charge in [-0.1, -0.05) is 29.8 Å². The molecule has 3 heterocycles. The Balaban J connectivity index is 1.65. The van der Waals surface area contributed by atoms with Crippen LogP contribution in [0.5, 0.6) is 5.75 Å². The number of carbonyl (C=O) groups excluding carboxylic acids is 1. The van der Waals surface area contributed by atoms with Gasteiger partial charge in [-0.2, -0.15) is 8.42 Å². The number of pyridine rings is 2. The van der Waals surface area contributed by atoms with Crippen molar-refractivity contribution in [2.24, 2.45) is 0 Å². The number of rotatable bonds is 7. The molecule has 1 fully saturated rings. The molecule has 1 aliphatic heterocycles. The Morgan fingerprint density at radius 1 is 1.07 bits per heavy atom. The average Bonchev–Trinajstić information content (AvgIpc) is 2.93. The number of fused-ring (bicyclic) bond motifs is 1. The van der Waals surface area contributed by atoms with E-state index in [9.17, 15) is 26.0 Å². The third-order valence-corrected chi connectivity index (χ3v) is 9.43. The Bertz CT molecular complexity index is 1800. The molecule has 1 aliphatic rings. The normalized spacial score (nSPS) is 15.1. The first-order valence-corrected chi connectivity index (χ1v) is 15.4. The lowest BCUT2D eigenvalue weighted by Gasteiger charge is -2.28. The second kappa shape index (κ2) is 10.8. The minimum Gasteiger partial charge on any atom is -0.374 e. The topological polar surface area (TPSA) is 136 Å². The summed E-state index contributed by atoms with van der Waals surface area (Å²) in [6.07, 6.45) is 2.44. The highest BCUT2D eigenvalue weighted by molar-refractivity contribution is 7.92. The number of carbonyl (C=O) groups is 1. The van der Waals surface area contributed by atoms with Crippen molar-refractivity contribution in [3.63, 3.8) is 0 Å². The number of sulfonamides is 1. The predicted molar refractivity (Wildman–Crippen MR) is 146 cm³/mol. The highest BCUT2D eigenvalue weighted by Crippen LogP contribution is 2.37. The van der Waals surface area contributed by atoms with E-state index in [1.807, 2.05) is 0 Å². The molecule has 40 heavy (non-hydrogen) atoms. The molecule has 0 bridgehead atoms. The van der Waals surface area contributed by atoms with E-state index in [0.29, 0.717) is 18.4 Å². The average molecular weight is 585 g/mol. The number of aryl methyl sites for hydroxylation is 1. The third-order valence-electron chi connectivity index (χ3n) is 6.37. The van der Waals surface area contributed by atoms with E-state index >= 15 is 0 Å². The van der Waals surface area contributed by atoms with Gasteiger partial charge in [-0.05, 0) is 61.7 Å². The third kappa shape index (κ3) is 5.61. The lowest BCUT2D eigenvalue weighted by atomic mass is 10.1. The van der Waals surface area contributed by atoms with Crippen LogP contribution >= 0.6 is 0 Å². The van der Waals surface area contributed by atoms with E-state index in [1.54, 1.807) is 31.2 Å². The number of benzene rings is 2. The number of anilines is 1. The Labute approximate surface area is 231 Å². The van der Waals surface area contributed by atoms with Gasteiger partial charge in [0.15, 0.2) is 11.5 Å². The largest absolute Gasteiger partial charge is 0.374 e. The van der Waals surface area contributed by atoms with E-state index in [4.69, 9.17) is 4.18 Å². The number of amides is 1. The molecule has 0 aliphatic carbocycles. The first-order valence-electron chi connectivity index (χ1n) is 12.4. The zero-order valence-corrected chi connectivity index (χ0v) is 23.0. The maximum Gasteiger partial charge on any atom is 0.339 e. The highest BCUT2D eigenvalue weighted by Gasteiger charge is 2.33. The molecule has 1 amide bonds. The molecule has 0 radical (unpaired) electrons. The molecule has 208 valence electrons. The van der Waals surface area contributed by atoms with E-state index in [2.05, 4.69) is 15.3 Å². The number of nitrogens with one attached hydrogen (secondary N) is 1. The van der Waals surface area contributed by atoms with Crippen LogP contribution < -0.4 is 13.8 Å². The van der Waals surface area contributed by atoms with Crippen LogP contribution in [0.1, 0.15) is 34.5 Å². The van der Waals surface area contributed by atoms with Gasteiger partial charge in [-0.25, -0.2) is 17.8 Å². The van der Waals surface area contributed by atoms with Crippen LogP contribution in [0.4, 0.5) is 10.2 Å². The van der Waals surface area contributed by atoms with Crippen LogP contribution in [0.15, 0.2) is 71.8 Å². The summed E-state index contributed by atoms with van der Waals surface area (Å²) in [5, 5.41) is 2.83. The maximum atomic E-state index is 13.5. The fourth-order valence-corrected chi connectivity index (χ4v) is 6.82. The zero-order valence-electron chi connectivity index (χ0n) is 21.4. The summed E-state index contributed by atoms with van der Waals surface area (Å²) in [5.74, 6) is -1.85. The molecule has 10 nitrogen and oxygen atoms in total. The van der Waals surface area contributed by atoms with Gasteiger partial charge in [0.2, 0.25) is 15.8 Å². The predicted octanol–water partition coefficient (Wildman–Crippen LogP) is 3.71. The number of nitrogens with zero attached hydrogens (tertiary/aromatic N) is 3. The van der Waals surface area contributed by atoms with Crippen molar-refractivity contribution in [2.45, 2.75) is 31.2 Å². The number of halogens is 1. The molecular weight excluding hydrogens is 559 g/mol. The molecule has 1 N–H and O–H groups in total. The monoisotopic (exact) mass is 584 g/mol. The van der Waals surface area contributed by atoms with Gasteiger partial charge in [0.1, 0.15) is 16.2 Å². The summed E-state index contributed by atoms with van der Waals surface area (Å²) < 4.78 is 72.5. The van der Waals surface area contributed by atoms with E-state index < -0.39 is 43.3 Å². The lowest BCUT2D eigenvalue weighted by Crippen LogP contribution is -2.39. The Morgan fingerprint density at radius 3 is 2.50 bits per heavy atom. The SMILES string of the molecule is Cc1ccc(S(=O)(=O)Oc2c(C(=O)NCc3ccc(F)cc3)nc(N3CCCCS3(=O)=O)c3cccnc23)cc1. The van der Waals surface area contributed by atoms with Crippen LogP contribution in [0.3, 0.4) is 0 Å². The molecule has 13 heteroatoms. The molecule has 0 atom stereocenters. The number of aromatic nitrogens is 2. The fraction of sp³-hybridized carbons (Fsp3) is 0.222. The second-order valence-corrected chi connectivity index (χ2v) is 12.8. The van der Waals surface area contributed by atoms with Gasteiger partial charge in [0.25, 0.3) is 5.91 Å². The fourth-order valence-electron chi connectivity index (χ4n) is 4.28. The Morgan fingerprint density at radius 2 is 1.80 bits per heavy atom. The van der Waals surface area contributed by atoms with Crippen LogP contribution in [0, 0.1) is 12.7 Å². The van der Waals surface area contributed by atoms with Crippen molar-refractivity contribution in [2.75, 3.05) is 16.6 Å². The van der Waals surface area contributed by atoms with Gasteiger partial charge in [-0.15, -0.1) is 0 Å². The maximum absolute atomic E-state index is 13.5. The summed E-state index contributed by atoms with van der Waals surface area (Å²) in [7, 11) is -8.19. The molecule has 2 aromatic heterocycles. The van der Waals surface area contributed by atoms with E-state index in [-0.39, 0.29) is 40.5 Å². The van der Waals surface area contributed by atoms with Gasteiger partial charge >= 0.3 is 10.1 Å². The van der Waals surface area contributed by atoms with Crippen molar-refractivity contribution in [1.82, 2.24) is 15.3 Å². The smallest absolute Gasteiger partial charge is 0.339 e. The summed E-state index contributed by atoms with van der Waals surface area (Å²) in [4.78, 5) is 22.0. The molecule has 4 aromatic rings. The summed E-state index contributed by atoms with van der Waals surface area (Å²) in [6.45, 7) is 1.90. The second-order valence-electron chi connectivity index (χ2n) is 9.27. The number of hydrogen-bond acceptors (Lipinski definition) is 8. The Hall–Kier alpha value is -4.10.